The van der Waals surface area contributed by atoms with Crippen LogP contribution in [0.2, 0.25) is 0 Å². The van der Waals surface area contributed by atoms with Crippen molar-refractivity contribution in [2.45, 2.75) is 20.3 Å². The largest absolute Gasteiger partial charge is 0.495 e. The first kappa shape index (κ1) is 17.7. The Kier molecular flexibility index (Phi) is 5.69. The Hall–Kier alpha value is -3.08. The Balaban J connectivity index is 1.99. The average Bonchev–Trinajstić information content (AvgIpc) is 2.67. The summed E-state index contributed by atoms with van der Waals surface area (Å²) in [5, 5.41) is 6.65. The highest BCUT2D eigenvalue weighted by Gasteiger charge is 2.09. The van der Waals surface area contributed by atoms with Crippen LogP contribution in [-0.2, 0) is 0 Å². The van der Waals surface area contributed by atoms with Crippen molar-refractivity contribution in [3.63, 3.8) is 0 Å². The lowest BCUT2D eigenvalue weighted by Crippen LogP contribution is -2.07. The van der Waals surface area contributed by atoms with Crippen molar-refractivity contribution >= 4 is 17.5 Å². The van der Waals surface area contributed by atoms with E-state index >= 15 is 0 Å². The van der Waals surface area contributed by atoms with Crippen molar-refractivity contribution in [1.29, 1.82) is 0 Å². The second-order valence-corrected chi connectivity index (χ2v) is 6.08. The summed E-state index contributed by atoms with van der Waals surface area (Å²) in [5.41, 5.74) is 3.95. The molecule has 3 aromatic rings. The first-order valence-electron chi connectivity index (χ1n) is 8.79. The van der Waals surface area contributed by atoms with Crippen molar-refractivity contribution in [2.75, 3.05) is 24.3 Å². The Morgan fingerprint density at radius 3 is 2.54 bits per heavy atom. The highest BCUT2D eigenvalue weighted by Crippen LogP contribution is 2.29. The average molecular weight is 348 g/mol. The number of aryl methyl sites for hydroxylation is 1. The molecule has 0 amide bonds. The second kappa shape index (κ2) is 8.34. The van der Waals surface area contributed by atoms with E-state index in [-0.39, 0.29) is 0 Å². The standard InChI is InChI=1S/C21H24N4O/c1-4-12-22-21-24-17(16-8-6-5-7-9-16)14-20(25-21)23-18-13-15(2)10-11-19(18)26-3/h5-11,13-14H,4,12H2,1-3H3,(H2,22,23,24,25). The molecular formula is C21H24N4O. The summed E-state index contributed by atoms with van der Waals surface area (Å²) in [4.78, 5) is 9.26. The third-order valence-corrected chi connectivity index (χ3v) is 3.95. The molecule has 3 rings (SSSR count). The van der Waals surface area contributed by atoms with Crippen molar-refractivity contribution in [2.24, 2.45) is 0 Å². The molecule has 0 aliphatic heterocycles. The first-order valence-corrected chi connectivity index (χ1v) is 8.79. The van der Waals surface area contributed by atoms with E-state index < -0.39 is 0 Å². The second-order valence-electron chi connectivity index (χ2n) is 6.08. The molecule has 0 atom stereocenters. The minimum absolute atomic E-state index is 0.613. The summed E-state index contributed by atoms with van der Waals surface area (Å²) in [7, 11) is 1.67. The van der Waals surface area contributed by atoms with Crippen LogP contribution in [0, 0.1) is 6.92 Å². The molecule has 5 heteroatoms. The minimum Gasteiger partial charge on any atom is -0.495 e. The summed E-state index contributed by atoms with van der Waals surface area (Å²) in [6.07, 6.45) is 1.01. The molecule has 0 bridgehead atoms. The third-order valence-electron chi connectivity index (χ3n) is 3.95. The number of ether oxygens (including phenoxy) is 1. The molecule has 134 valence electrons. The highest BCUT2D eigenvalue weighted by atomic mass is 16.5. The van der Waals surface area contributed by atoms with Crippen LogP contribution in [-0.4, -0.2) is 23.6 Å². The smallest absolute Gasteiger partial charge is 0.225 e. The van der Waals surface area contributed by atoms with E-state index in [9.17, 15) is 0 Å². The van der Waals surface area contributed by atoms with Gasteiger partial charge >= 0.3 is 0 Å². The number of methoxy groups -OCH3 is 1. The van der Waals surface area contributed by atoms with Gasteiger partial charge in [0, 0.05) is 18.2 Å². The maximum absolute atomic E-state index is 5.46. The van der Waals surface area contributed by atoms with Gasteiger partial charge in [-0.15, -0.1) is 0 Å². The van der Waals surface area contributed by atoms with Crippen molar-refractivity contribution < 1.29 is 4.74 Å². The predicted octanol–water partition coefficient (Wildman–Crippen LogP) is 5.03. The van der Waals surface area contributed by atoms with E-state index in [1.165, 1.54) is 0 Å². The van der Waals surface area contributed by atoms with Gasteiger partial charge in [-0.3, -0.25) is 0 Å². The number of aromatic nitrogens is 2. The summed E-state index contributed by atoms with van der Waals surface area (Å²) in [5.74, 6) is 2.11. The van der Waals surface area contributed by atoms with Gasteiger partial charge in [0.05, 0.1) is 18.5 Å². The van der Waals surface area contributed by atoms with Crippen molar-refractivity contribution in [3.05, 3.63) is 60.2 Å². The van der Waals surface area contributed by atoms with Crippen LogP contribution < -0.4 is 15.4 Å². The molecule has 26 heavy (non-hydrogen) atoms. The minimum atomic E-state index is 0.613. The lowest BCUT2D eigenvalue weighted by molar-refractivity contribution is 0.416. The van der Waals surface area contributed by atoms with Gasteiger partial charge in [-0.2, -0.15) is 4.98 Å². The molecule has 0 aliphatic rings. The topological polar surface area (TPSA) is 59.1 Å². The zero-order valence-corrected chi connectivity index (χ0v) is 15.4. The molecule has 0 saturated heterocycles. The molecule has 5 nitrogen and oxygen atoms in total. The molecule has 0 aliphatic carbocycles. The Bertz CT molecular complexity index is 865. The number of hydrogen-bond donors (Lipinski definition) is 2. The van der Waals surface area contributed by atoms with Gasteiger partial charge in [0.15, 0.2) is 0 Å². The fourth-order valence-corrected chi connectivity index (χ4v) is 2.64. The van der Waals surface area contributed by atoms with Gasteiger partial charge in [-0.1, -0.05) is 43.3 Å². The van der Waals surface area contributed by atoms with Gasteiger partial charge in [-0.05, 0) is 31.0 Å². The van der Waals surface area contributed by atoms with Gasteiger partial charge in [0.2, 0.25) is 5.95 Å². The molecule has 0 fully saturated rings. The molecular weight excluding hydrogens is 324 g/mol. The van der Waals surface area contributed by atoms with E-state index in [0.29, 0.717) is 5.95 Å². The maximum atomic E-state index is 5.46. The van der Waals surface area contributed by atoms with Gasteiger partial charge in [-0.25, -0.2) is 4.98 Å². The lowest BCUT2D eigenvalue weighted by atomic mass is 10.1. The number of nitrogens with one attached hydrogen (secondary N) is 2. The summed E-state index contributed by atoms with van der Waals surface area (Å²) >= 11 is 0. The van der Waals surface area contributed by atoms with Crippen LogP contribution in [0.15, 0.2) is 54.6 Å². The Morgan fingerprint density at radius 1 is 1.00 bits per heavy atom. The molecule has 0 unspecified atom stereocenters. The summed E-state index contributed by atoms with van der Waals surface area (Å²) < 4.78 is 5.46. The predicted molar refractivity (Wildman–Crippen MR) is 107 cm³/mol. The van der Waals surface area contributed by atoms with Crippen LogP contribution >= 0.6 is 0 Å². The molecule has 2 aromatic carbocycles. The van der Waals surface area contributed by atoms with Crippen LogP contribution in [0.4, 0.5) is 17.5 Å². The van der Waals surface area contributed by atoms with Crippen LogP contribution in [0.5, 0.6) is 5.75 Å². The number of rotatable bonds is 7. The number of nitrogens with zero attached hydrogens (tertiary/aromatic N) is 2. The van der Waals surface area contributed by atoms with Crippen molar-refractivity contribution in [3.8, 4) is 17.0 Å². The van der Waals surface area contributed by atoms with Gasteiger partial charge in [0.25, 0.3) is 0 Å². The highest BCUT2D eigenvalue weighted by molar-refractivity contribution is 5.70. The molecule has 0 saturated carbocycles. The van der Waals surface area contributed by atoms with E-state index in [4.69, 9.17) is 4.74 Å². The first-order chi connectivity index (χ1) is 12.7. The zero-order chi connectivity index (χ0) is 18.4. The molecule has 2 N–H and O–H groups in total. The summed E-state index contributed by atoms with van der Waals surface area (Å²) in [6.45, 7) is 4.99. The van der Waals surface area contributed by atoms with Crippen molar-refractivity contribution in [1.82, 2.24) is 9.97 Å². The third kappa shape index (κ3) is 4.30. The van der Waals surface area contributed by atoms with E-state index in [0.717, 1.165) is 47.0 Å². The lowest BCUT2D eigenvalue weighted by Gasteiger charge is -2.14. The number of anilines is 3. The zero-order valence-electron chi connectivity index (χ0n) is 15.4. The van der Waals surface area contributed by atoms with E-state index in [1.807, 2.05) is 61.5 Å². The quantitative estimate of drug-likeness (QED) is 0.627. The fourth-order valence-electron chi connectivity index (χ4n) is 2.64. The molecule has 1 aromatic heterocycles. The van der Waals surface area contributed by atoms with Crippen LogP contribution in [0.25, 0.3) is 11.3 Å². The van der Waals surface area contributed by atoms with Gasteiger partial charge in [0.1, 0.15) is 11.6 Å². The molecule has 0 radical (unpaired) electrons. The summed E-state index contributed by atoms with van der Waals surface area (Å²) in [6, 6.07) is 18.1. The fraction of sp³-hybridized carbons (Fsp3) is 0.238. The molecule has 1 heterocycles. The number of benzene rings is 2. The maximum Gasteiger partial charge on any atom is 0.225 e. The SMILES string of the molecule is CCCNc1nc(Nc2cc(C)ccc2OC)cc(-c2ccccc2)n1. The number of hydrogen-bond acceptors (Lipinski definition) is 5. The van der Waals surface area contributed by atoms with E-state index in [2.05, 4.69) is 27.5 Å². The Morgan fingerprint density at radius 2 is 1.81 bits per heavy atom. The normalized spacial score (nSPS) is 10.4. The molecule has 0 spiro atoms. The Labute approximate surface area is 154 Å². The van der Waals surface area contributed by atoms with Gasteiger partial charge < -0.3 is 15.4 Å². The van der Waals surface area contributed by atoms with E-state index in [1.54, 1.807) is 7.11 Å². The van der Waals surface area contributed by atoms with Crippen LogP contribution in [0.1, 0.15) is 18.9 Å². The monoisotopic (exact) mass is 348 g/mol. The van der Waals surface area contributed by atoms with Crippen LogP contribution in [0.3, 0.4) is 0 Å².